The van der Waals surface area contributed by atoms with Gasteiger partial charge in [0.25, 0.3) is 0 Å². The normalized spacial score (nSPS) is 11.5. The summed E-state index contributed by atoms with van der Waals surface area (Å²) >= 11 is 0. The number of carbonyl (C=O) groups excluding carboxylic acids is 1. The number of halogens is 3. The predicted octanol–water partition coefficient (Wildman–Crippen LogP) is 3.84. The van der Waals surface area contributed by atoms with Gasteiger partial charge in [0.05, 0.1) is 6.61 Å². The number of rotatable bonds is 9. The van der Waals surface area contributed by atoms with Gasteiger partial charge in [-0.2, -0.15) is 8.78 Å². The van der Waals surface area contributed by atoms with E-state index in [2.05, 4.69) is 20.4 Å². The minimum Gasteiger partial charge on any atom is -0.490 e. The molecule has 0 heterocycles. The summed E-state index contributed by atoms with van der Waals surface area (Å²) in [4.78, 5) is 17.5. The minimum absolute atomic E-state index is 0. The zero-order chi connectivity index (χ0) is 22.7. The van der Waals surface area contributed by atoms with Gasteiger partial charge in [-0.05, 0) is 33.8 Å². The molecule has 0 spiro atoms. The van der Waals surface area contributed by atoms with E-state index < -0.39 is 18.3 Å². The maximum Gasteiger partial charge on any atom is 0.410 e. The van der Waals surface area contributed by atoms with Gasteiger partial charge >= 0.3 is 12.7 Å². The van der Waals surface area contributed by atoms with Gasteiger partial charge in [0.2, 0.25) is 0 Å². The summed E-state index contributed by atoms with van der Waals surface area (Å²) in [7, 11) is 3.22. The molecule has 0 bridgehead atoms. The molecule has 0 aliphatic rings. The van der Waals surface area contributed by atoms with Gasteiger partial charge in [0.15, 0.2) is 17.5 Å². The number of guanidine groups is 1. The van der Waals surface area contributed by atoms with E-state index in [0.717, 1.165) is 0 Å². The molecule has 1 amide bonds. The third-order valence-electron chi connectivity index (χ3n) is 3.68. The highest BCUT2D eigenvalue weighted by molar-refractivity contribution is 14.0. The molecule has 0 fully saturated rings. The number of ether oxygens (including phenoxy) is 3. The Kier molecular flexibility index (Phi) is 13.2. The van der Waals surface area contributed by atoms with E-state index in [1.165, 1.54) is 4.90 Å². The monoisotopic (exact) mass is 558 g/mol. The third-order valence-corrected chi connectivity index (χ3v) is 3.68. The molecule has 0 saturated heterocycles. The number of nitrogens with one attached hydrogen (secondary N) is 2. The number of aliphatic imine (C=N–C) groups is 1. The maximum atomic E-state index is 12.8. The average Bonchev–Trinajstić information content (AvgIpc) is 2.64. The van der Waals surface area contributed by atoms with Crippen LogP contribution in [-0.4, -0.2) is 63.0 Å². The SMILES string of the molecule is CCOc1cccc(CNC(=NC)NCCN(C)C(=O)OC(C)(C)C)c1OC(F)F.I. The second-order valence-electron chi connectivity index (χ2n) is 7.31. The number of nitrogens with zero attached hydrogens (tertiary/aromatic N) is 2. The molecule has 11 heteroatoms. The zero-order valence-corrected chi connectivity index (χ0v) is 21.2. The highest BCUT2D eigenvalue weighted by atomic mass is 127. The topological polar surface area (TPSA) is 84.4 Å². The van der Waals surface area contributed by atoms with E-state index in [1.807, 2.05) is 0 Å². The molecule has 0 radical (unpaired) electrons. The summed E-state index contributed by atoms with van der Waals surface area (Å²) in [6.45, 7) is 5.50. The molecule has 8 nitrogen and oxygen atoms in total. The lowest BCUT2D eigenvalue weighted by molar-refractivity contribution is -0.0520. The van der Waals surface area contributed by atoms with Crippen molar-refractivity contribution in [3.63, 3.8) is 0 Å². The van der Waals surface area contributed by atoms with Crippen molar-refractivity contribution in [1.29, 1.82) is 0 Å². The Balaban J connectivity index is 0.00000900. The van der Waals surface area contributed by atoms with Crippen LogP contribution >= 0.6 is 24.0 Å². The van der Waals surface area contributed by atoms with Crippen LogP contribution < -0.4 is 20.1 Å². The molecule has 0 aromatic heterocycles. The first-order valence-corrected chi connectivity index (χ1v) is 9.65. The smallest absolute Gasteiger partial charge is 0.410 e. The highest BCUT2D eigenvalue weighted by Crippen LogP contribution is 2.32. The molecule has 1 aromatic rings. The summed E-state index contributed by atoms with van der Waals surface area (Å²) in [6.07, 6.45) is -0.422. The molecular weight excluding hydrogens is 525 g/mol. The van der Waals surface area contributed by atoms with Crippen LogP contribution in [-0.2, 0) is 11.3 Å². The fourth-order valence-electron chi connectivity index (χ4n) is 2.37. The van der Waals surface area contributed by atoms with Gasteiger partial charge in [-0.1, -0.05) is 12.1 Å². The first-order chi connectivity index (χ1) is 14.1. The molecule has 31 heavy (non-hydrogen) atoms. The number of carbonyl (C=O) groups is 1. The summed E-state index contributed by atoms with van der Waals surface area (Å²) < 4.78 is 41.0. The highest BCUT2D eigenvalue weighted by Gasteiger charge is 2.19. The van der Waals surface area contributed by atoms with Gasteiger partial charge in [-0.3, -0.25) is 4.99 Å². The van der Waals surface area contributed by atoms with E-state index in [0.29, 0.717) is 31.2 Å². The van der Waals surface area contributed by atoms with Crippen LogP contribution in [0.2, 0.25) is 0 Å². The van der Waals surface area contributed by atoms with Crippen molar-refractivity contribution in [2.75, 3.05) is 33.8 Å². The Morgan fingerprint density at radius 1 is 1.26 bits per heavy atom. The lowest BCUT2D eigenvalue weighted by atomic mass is 10.2. The summed E-state index contributed by atoms with van der Waals surface area (Å²) in [5.74, 6) is 0.679. The molecule has 0 unspecified atom stereocenters. The molecule has 0 saturated carbocycles. The van der Waals surface area contributed by atoms with Crippen LogP contribution in [0, 0.1) is 0 Å². The first kappa shape index (κ1) is 28.9. The Hall–Kier alpha value is -2.05. The largest absolute Gasteiger partial charge is 0.490 e. The van der Waals surface area contributed by atoms with Crippen molar-refractivity contribution in [2.24, 2.45) is 4.99 Å². The van der Waals surface area contributed by atoms with E-state index in [4.69, 9.17) is 9.47 Å². The van der Waals surface area contributed by atoms with Crippen LogP contribution in [0.5, 0.6) is 11.5 Å². The standard InChI is InChI=1S/C20H32F2N4O4.HI/c1-7-28-15-10-8-9-14(16(15)29-17(21)22)13-25-18(23-5)24-11-12-26(6)19(27)30-20(2,3)4;/h8-10,17H,7,11-13H2,1-6H3,(H2,23,24,25);1H. The molecule has 0 atom stereocenters. The summed E-state index contributed by atoms with van der Waals surface area (Å²) in [5.41, 5.74) is -0.0696. The van der Waals surface area contributed by atoms with Crippen molar-refractivity contribution in [3.8, 4) is 11.5 Å². The second-order valence-corrected chi connectivity index (χ2v) is 7.31. The number of hydrogen-bond donors (Lipinski definition) is 2. The minimum atomic E-state index is -2.97. The Bertz CT molecular complexity index is 715. The van der Waals surface area contributed by atoms with Crippen molar-refractivity contribution in [1.82, 2.24) is 15.5 Å². The van der Waals surface area contributed by atoms with Gasteiger partial charge in [-0.25, -0.2) is 4.79 Å². The molecule has 0 aliphatic heterocycles. The number of para-hydroxylation sites is 1. The second kappa shape index (κ2) is 14.1. The van der Waals surface area contributed by atoms with Gasteiger partial charge in [0, 0.05) is 39.3 Å². The number of likely N-dealkylation sites (N-methyl/N-ethyl adjacent to an activating group) is 1. The van der Waals surface area contributed by atoms with Crippen molar-refractivity contribution in [2.45, 2.75) is 46.5 Å². The number of alkyl halides is 2. The van der Waals surface area contributed by atoms with E-state index in [-0.39, 0.29) is 42.0 Å². The molecular formula is C20H33F2IN4O4. The first-order valence-electron chi connectivity index (χ1n) is 9.65. The number of amides is 1. The van der Waals surface area contributed by atoms with Gasteiger partial charge in [0.1, 0.15) is 5.60 Å². The van der Waals surface area contributed by atoms with E-state index in [1.54, 1.807) is 60.0 Å². The fourth-order valence-corrected chi connectivity index (χ4v) is 2.37. The molecule has 1 rings (SSSR count). The molecule has 178 valence electrons. The Morgan fingerprint density at radius 3 is 2.48 bits per heavy atom. The van der Waals surface area contributed by atoms with Crippen LogP contribution in [0.25, 0.3) is 0 Å². The van der Waals surface area contributed by atoms with Crippen molar-refractivity contribution >= 4 is 36.0 Å². The fraction of sp³-hybridized carbons (Fsp3) is 0.600. The molecule has 0 aliphatic carbocycles. The van der Waals surface area contributed by atoms with Crippen LogP contribution in [0.1, 0.15) is 33.3 Å². The third kappa shape index (κ3) is 11.2. The summed E-state index contributed by atoms with van der Waals surface area (Å²) in [6, 6.07) is 4.94. The Labute approximate surface area is 199 Å². The lowest BCUT2D eigenvalue weighted by Crippen LogP contribution is -2.42. The number of benzene rings is 1. The van der Waals surface area contributed by atoms with Gasteiger partial charge in [-0.15, -0.1) is 24.0 Å². The van der Waals surface area contributed by atoms with Gasteiger partial charge < -0.3 is 29.7 Å². The van der Waals surface area contributed by atoms with Crippen LogP contribution in [0.15, 0.2) is 23.2 Å². The van der Waals surface area contributed by atoms with E-state index in [9.17, 15) is 13.6 Å². The van der Waals surface area contributed by atoms with Crippen LogP contribution in [0.3, 0.4) is 0 Å². The van der Waals surface area contributed by atoms with Crippen molar-refractivity contribution in [3.05, 3.63) is 23.8 Å². The maximum absolute atomic E-state index is 12.8. The summed E-state index contributed by atoms with van der Waals surface area (Å²) in [5, 5.41) is 6.09. The average molecular weight is 558 g/mol. The number of hydrogen-bond acceptors (Lipinski definition) is 5. The Morgan fingerprint density at radius 2 is 1.94 bits per heavy atom. The quantitative estimate of drug-likeness (QED) is 0.273. The molecule has 1 aromatic carbocycles. The predicted molar refractivity (Wildman–Crippen MR) is 127 cm³/mol. The lowest BCUT2D eigenvalue weighted by Gasteiger charge is -2.25. The zero-order valence-electron chi connectivity index (χ0n) is 18.8. The van der Waals surface area contributed by atoms with E-state index >= 15 is 0 Å². The molecule has 2 N–H and O–H groups in total. The van der Waals surface area contributed by atoms with Crippen molar-refractivity contribution < 1.29 is 27.8 Å². The van der Waals surface area contributed by atoms with Crippen LogP contribution in [0.4, 0.5) is 13.6 Å².